The number of amides is 1. The minimum absolute atomic E-state index is 0.00522. The predicted molar refractivity (Wildman–Crippen MR) is 168 cm³/mol. The van der Waals surface area contributed by atoms with Gasteiger partial charge in [0.25, 0.3) is 11.6 Å². The number of hydrogen-bond acceptors (Lipinski definition) is 12. The van der Waals surface area contributed by atoms with Crippen molar-refractivity contribution < 1.29 is 48.2 Å². The van der Waals surface area contributed by atoms with E-state index in [2.05, 4.69) is 15.3 Å². The van der Waals surface area contributed by atoms with Crippen LogP contribution in [0, 0.1) is 10.1 Å². The summed E-state index contributed by atoms with van der Waals surface area (Å²) in [6.07, 6.45) is -8.55. The van der Waals surface area contributed by atoms with Gasteiger partial charge in [0.15, 0.2) is 18.2 Å². The zero-order valence-electron chi connectivity index (χ0n) is 25.9. The Morgan fingerprint density at radius 1 is 0.939 bits per heavy atom. The van der Waals surface area contributed by atoms with Crippen LogP contribution in [0.4, 0.5) is 5.69 Å². The molecule has 1 aliphatic heterocycles. The summed E-state index contributed by atoms with van der Waals surface area (Å²) in [5, 5.41) is 28.5. The Labute approximate surface area is 278 Å². The van der Waals surface area contributed by atoms with Gasteiger partial charge >= 0.3 is 11.9 Å². The number of nitrogens with one attached hydrogen (secondary N) is 1. The fourth-order valence-corrected chi connectivity index (χ4v) is 5.63. The molecule has 0 spiro atoms. The number of carbonyl (C=O) groups is 4. The van der Waals surface area contributed by atoms with Gasteiger partial charge in [-0.05, 0) is 48.9 Å². The number of hydrogen-bond donors (Lipinski definition) is 2. The number of nitro benzene ring substituents is 1. The van der Waals surface area contributed by atoms with E-state index in [1.165, 1.54) is 31.2 Å². The smallest absolute Gasteiger partial charge is 0.338 e. The Hall–Kier alpha value is -5.67. The quantitative estimate of drug-likeness (QED) is 0.0787. The maximum Gasteiger partial charge on any atom is 0.338 e. The van der Waals surface area contributed by atoms with Crippen LogP contribution in [-0.4, -0.2) is 82.6 Å². The van der Waals surface area contributed by atoms with Crippen molar-refractivity contribution in [3.63, 3.8) is 0 Å². The average molecular weight is 674 g/mol. The van der Waals surface area contributed by atoms with E-state index in [9.17, 15) is 39.9 Å². The lowest BCUT2D eigenvalue weighted by molar-refractivity contribution is -0.384. The molecule has 5 rings (SSSR count). The van der Waals surface area contributed by atoms with E-state index in [4.69, 9.17) is 18.9 Å². The molecule has 1 amide bonds. The van der Waals surface area contributed by atoms with E-state index in [0.717, 1.165) is 12.1 Å². The number of ketones is 1. The van der Waals surface area contributed by atoms with Crippen LogP contribution in [-0.2, 0) is 23.7 Å². The molecular formula is C33H31N5O11. The third-order valence-electron chi connectivity index (χ3n) is 8.08. The molecule has 1 saturated carbocycles. The van der Waals surface area contributed by atoms with Gasteiger partial charge in [-0.15, -0.1) is 0 Å². The molecule has 1 saturated heterocycles. The van der Waals surface area contributed by atoms with Crippen molar-refractivity contribution in [3.05, 3.63) is 122 Å². The van der Waals surface area contributed by atoms with Gasteiger partial charge in [-0.25, -0.2) is 9.59 Å². The summed E-state index contributed by atoms with van der Waals surface area (Å²) in [6.45, 7) is 1.52. The van der Waals surface area contributed by atoms with Crippen molar-refractivity contribution in [2.45, 2.75) is 68.7 Å². The van der Waals surface area contributed by atoms with Gasteiger partial charge < -0.3 is 29.4 Å². The largest absolute Gasteiger partial charge is 0.456 e. The van der Waals surface area contributed by atoms with E-state index in [-0.39, 0.29) is 28.8 Å². The number of ether oxygens (including phenoxy) is 4. The zero-order chi connectivity index (χ0) is 35.1. The number of benzene rings is 3. The van der Waals surface area contributed by atoms with Crippen LogP contribution in [0.3, 0.4) is 0 Å². The van der Waals surface area contributed by atoms with Gasteiger partial charge in [0.2, 0.25) is 0 Å². The molecule has 0 bridgehead atoms. The predicted octanol–water partition coefficient (Wildman–Crippen LogP) is 3.68. The number of carbonyl (C=O) groups excluding carboxylic acids is 4. The molecule has 0 unspecified atom stereocenters. The molecule has 8 atom stereocenters. The summed E-state index contributed by atoms with van der Waals surface area (Å²) in [6, 6.07) is 18.4. The number of nitro groups is 1. The van der Waals surface area contributed by atoms with E-state index in [0.29, 0.717) is 0 Å². The Bertz CT molecular complexity index is 1730. The summed E-state index contributed by atoms with van der Waals surface area (Å²) in [7, 11) is 0. The maximum absolute atomic E-state index is 13.3. The minimum Gasteiger partial charge on any atom is -0.456 e. The van der Waals surface area contributed by atoms with Crippen molar-refractivity contribution in [3.8, 4) is 0 Å². The van der Waals surface area contributed by atoms with Gasteiger partial charge in [-0.3, -0.25) is 19.7 Å². The van der Waals surface area contributed by atoms with Crippen LogP contribution < -0.4 is 5.32 Å². The first-order valence-electron chi connectivity index (χ1n) is 15.2. The first kappa shape index (κ1) is 34.7. The SMILES string of the molecule is C[C@@H]1O[C@@H](O[C@@H]2[C@@H](NC(=O)c3ccccc3)[C@@H](O)CC(=O)[C@H]2OC(=O)c2ccccc2)C[C@H](N=[N+]=[N-])[C@H]1OC(=O)c1ccc([N+](=O)[O-])cc1. The third kappa shape index (κ3) is 8.25. The van der Waals surface area contributed by atoms with Crippen LogP contribution >= 0.6 is 0 Å². The highest BCUT2D eigenvalue weighted by Crippen LogP contribution is 2.32. The molecule has 49 heavy (non-hydrogen) atoms. The van der Waals surface area contributed by atoms with Gasteiger partial charge in [-0.2, -0.15) is 0 Å². The summed E-state index contributed by atoms with van der Waals surface area (Å²) < 4.78 is 23.4. The van der Waals surface area contributed by atoms with Crippen LogP contribution in [0.2, 0.25) is 0 Å². The molecule has 0 aromatic heterocycles. The topological polar surface area (TPSA) is 229 Å². The molecule has 3 aromatic carbocycles. The van der Waals surface area contributed by atoms with E-state index in [1.54, 1.807) is 48.5 Å². The molecule has 254 valence electrons. The van der Waals surface area contributed by atoms with E-state index < -0.39 is 83.9 Å². The highest BCUT2D eigenvalue weighted by molar-refractivity contribution is 5.96. The number of non-ortho nitro benzene ring substituents is 1. The van der Waals surface area contributed by atoms with Crippen molar-refractivity contribution in [2.75, 3.05) is 0 Å². The molecule has 16 heteroatoms. The Morgan fingerprint density at radius 2 is 1.53 bits per heavy atom. The normalized spacial score (nSPS) is 26.4. The number of aliphatic hydroxyl groups excluding tert-OH is 1. The number of aliphatic hydroxyl groups is 1. The fraction of sp³-hybridized carbons (Fsp3) is 0.333. The number of rotatable bonds is 10. The highest BCUT2D eigenvalue weighted by Gasteiger charge is 2.50. The molecule has 2 N–H and O–H groups in total. The Balaban J connectivity index is 1.39. The summed E-state index contributed by atoms with van der Waals surface area (Å²) >= 11 is 0. The molecule has 1 aliphatic carbocycles. The second kappa shape index (κ2) is 15.5. The van der Waals surface area contributed by atoms with E-state index >= 15 is 0 Å². The lowest BCUT2D eigenvalue weighted by atomic mass is 9.85. The van der Waals surface area contributed by atoms with Crippen LogP contribution in [0.25, 0.3) is 10.4 Å². The van der Waals surface area contributed by atoms with Crippen molar-refractivity contribution >= 4 is 29.3 Å². The van der Waals surface area contributed by atoms with Crippen molar-refractivity contribution in [1.29, 1.82) is 0 Å². The summed E-state index contributed by atoms with van der Waals surface area (Å²) in [5.41, 5.74) is 9.50. The standard InChI is InChI=1S/C33H31N5O11/c1-18-28(48-33(43)21-12-14-22(15-13-21)38(44)45)23(36-37-34)16-26(46-18)47-30-27(35-31(41)19-8-4-2-5-9-19)24(39)17-25(40)29(30)49-32(42)20-10-6-3-7-11-20/h2-15,18,23-24,26-30,39H,16-17H2,1H3,(H,35,41)/t18-,23-,24-,26-,27-,28-,29+,30+/m0/s1. The fourth-order valence-electron chi connectivity index (χ4n) is 5.63. The number of Topliss-reactive ketones (excluding diaryl/α,β-unsaturated/α-hetero) is 1. The number of nitrogens with zero attached hydrogens (tertiary/aromatic N) is 4. The van der Waals surface area contributed by atoms with Gasteiger partial charge in [-0.1, -0.05) is 41.5 Å². The lowest BCUT2D eigenvalue weighted by Crippen LogP contribution is -2.64. The van der Waals surface area contributed by atoms with Gasteiger partial charge in [0.05, 0.1) is 40.3 Å². The van der Waals surface area contributed by atoms with Gasteiger partial charge in [0.1, 0.15) is 12.2 Å². The molecule has 2 fully saturated rings. The summed E-state index contributed by atoms with van der Waals surface area (Å²) in [4.78, 5) is 65.7. The number of azide groups is 1. The zero-order valence-corrected chi connectivity index (χ0v) is 25.9. The first-order chi connectivity index (χ1) is 23.5. The van der Waals surface area contributed by atoms with Crippen molar-refractivity contribution in [1.82, 2.24) is 5.32 Å². The maximum atomic E-state index is 13.3. The molecule has 16 nitrogen and oxygen atoms in total. The first-order valence-corrected chi connectivity index (χ1v) is 15.2. The Morgan fingerprint density at radius 3 is 2.14 bits per heavy atom. The van der Waals surface area contributed by atoms with E-state index in [1.807, 2.05) is 0 Å². The molecule has 3 aromatic rings. The van der Waals surface area contributed by atoms with Gasteiger partial charge in [0, 0.05) is 35.4 Å². The van der Waals surface area contributed by atoms with Crippen LogP contribution in [0.15, 0.2) is 90.0 Å². The second-order valence-electron chi connectivity index (χ2n) is 11.3. The molecular weight excluding hydrogens is 642 g/mol. The third-order valence-corrected chi connectivity index (χ3v) is 8.08. The number of esters is 2. The van der Waals surface area contributed by atoms with Crippen LogP contribution in [0.1, 0.15) is 50.8 Å². The average Bonchev–Trinajstić information content (AvgIpc) is 3.10. The minimum atomic E-state index is -1.59. The van der Waals surface area contributed by atoms with Crippen molar-refractivity contribution in [2.24, 2.45) is 5.11 Å². The Kier molecular flexibility index (Phi) is 11.0. The van der Waals surface area contributed by atoms with Crippen LogP contribution in [0.5, 0.6) is 0 Å². The monoisotopic (exact) mass is 673 g/mol. The summed E-state index contributed by atoms with van der Waals surface area (Å²) in [5.74, 6) is -2.97. The highest BCUT2D eigenvalue weighted by atomic mass is 16.7. The molecule has 2 aliphatic rings. The molecule has 0 radical (unpaired) electrons. The second-order valence-corrected chi connectivity index (χ2v) is 11.3. The lowest BCUT2D eigenvalue weighted by Gasteiger charge is -2.44. The molecule has 1 heterocycles.